The second-order valence-electron chi connectivity index (χ2n) is 8.14. The first-order chi connectivity index (χ1) is 12.2. The molecule has 8 heteroatoms. The molecule has 0 bridgehead atoms. The van der Waals surface area contributed by atoms with Gasteiger partial charge >= 0.3 is 6.09 Å². The summed E-state index contributed by atoms with van der Waals surface area (Å²) in [5.41, 5.74) is 5.37. The minimum atomic E-state index is -0.801. The van der Waals surface area contributed by atoms with Crippen molar-refractivity contribution < 1.29 is 18.7 Å². The molecule has 2 rings (SSSR count). The summed E-state index contributed by atoms with van der Waals surface area (Å²) in [6.07, 6.45) is 2.75. The first kappa shape index (κ1) is 23.0. The van der Waals surface area contributed by atoms with Crippen LogP contribution in [0.2, 0.25) is 0 Å². The lowest BCUT2D eigenvalue weighted by atomic mass is 9.98. The molecule has 2 aliphatic heterocycles. The molecule has 0 unspecified atom stereocenters. The van der Waals surface area contributed by atoms with Crippen molar-refractivity contribution in [3.05, 3.63) is 0 Å². The van der Waals surface area contributed by atoms with Crippen molar-refractivity contribution in [2.24, 2.45) is 5.73 Å². The van der Waals surface area contributed by atoms with E-state index in [0.717, 1.165) is 51.9 Å². The Bertz CT molecular complexity index is 402. The fourth-order valence-electron chi connectivity index (χ4n) is 3.58. The molecule has 2 aliphatic rings. The van der Waals surface area contributed by atoms with E-state index in [1.54, 1.807) is 4.90 Å². The third kappa shape index (κ3) is 7.32. The van der Waals surface area contributed by atoms with Crippen LogP contribution in [-0.2, 0) is 0 Å². The predicted molar refractivity (Wildman–Crippen MR) is 100 cm³/mol. The van der Waals surface area contributed by atoms with E-state index in [1.807, 2.05) is 25.7 Å². The summed E-state index contributed by atoms with van der Waals surface area (Å²) in [5.74, 6) is 0. The molecule has 6 nitrogen and oxygen atoms in total. The van der Waals surface area contributed by atoms with Crippen LogP contribution in [0, 0.1) is 0 Å². The van der Waals surface area contributed by atoms with E-state index in [0.29, 0.717) is 0 Å². The Morgan fingerprint density at radius 1 is 1.19 bits per heavy atom. The summed E-state index contributed by atoms with van der Waals surface area (Å²) in [6, 6.07) is -0.132. The van der Waals surface area contributed by atoms with E-state index in [-0.39, 0.29) is 17.6 Å². The van der Waals surface area contributed by atoms with Crippen molar-refractivity contribution in [2.45, 2.75) is 70.1 Å². The number of nitrogens with zero attached hydrogens (tertiary/aromatic N) is 2. The summed E-state index contributed by atoms with van der Waals surface area (Å²) in [7, 11) is 0. The number of piperidine rings is 2. The molecule has 0 aromatic heterocycles. The first-order valence-electron chi connectivity index (χ1n) is 9.55. The predicted octanol–water partition coefficient (Wildman–Crippen LogP) is 2.23. The fourth-order valence-corrected chi connectivity index (χ4v) is 3.58. The van der Waals surface area contributed by atoms with E-state index in [4.69, 9.17) is 10.8 Å². The van der Waals surface area contributed by atoms with Crippen LogP contribution in [0.25, 0.3) is 0 Å². The van der Waals surface area contributed by atoms with E-state index in [9.17, 15) is 13.6 Å². The molecule has 2 heterocycles. The first-order valence-corrected chi connectivity index (χ1v) is 9.55. The summed E-state index contributed by atoms with van der Waals surface area (Å²) in [4.78, 5) is 14.6. The Labute approximate surface area is 156 Å². The van der Waals surface area contributed by atoms with Crippen molar-refractivity contribution in [1.29, 1.82) is 0 Å². The maximum Gasteiger partial charge on any atom is 0.407 e. The Morgan fingerprint density at radius 2 is 1.69 bits per heavy atom. The standard InChI is InChI=1S/C10H20N2O2.C8H16F2N2/c1-10(2,3)12(9(13)14)8-4-6-11-7-5-8;9-5-8(6-10)12-3-1-7(11)2-4-12/h8,11H,4-7H2,1-3H3,(H,13,14);7-8H,1-6,11H2. The lowest BCUT2D eigenvalue weighted by Crippen LogP contribution is -2.54. The van der Waals surface area contributed by atoms with Crippen LogP contribution in [0.5, 0.6) is 0 Å². The van der Waals surface area contributed by atoms with Gasteiger partial charge in [0.05, 0.1) is 6.04 Å². The van der Waals surface area contributed by atoms with Gasteiger partial charge in [-0.2, -0.15) is 0 Å². The number of alkyl halides is 2. The van der Waals surface area contributed by atoms with Gasteiger partial charge in [-0.1, -0.05) is 0 Å². The van der Waals surface area contributed by atoms with Crippen molar-refractivity contribution in [3.8, 4) is 0 Å². The van der Waals surface area contributed by atoms with Crippen LogP contribution in [0.4, 0.5) is 13.6 Å². The monoisotopic (exact) mass is 378 g/mol. The van der Waals surface area contributed by atoms with Gasteiger partial charge in [-0.3, -0.25) is 4.90 Å². The highest BCUT2D eigenvalue weighted by molar-refractivity contribution is 5.66. The van der Waals surface area contributed by atoms with Crippen LogP contribution < -0.4 is 11.1 Å². The Balaban J connectivity index is 0.000000263. The molecule has 0 radical (unpaired) electrons. The summed E-state index contributed by atoms with van der Waals surface area (Å²) in [5, 5.41) is 12.4. The van der Waals surface area contributed by atoms with Crippen LogP contribution in [0.1, 0.15) is 46.5 Å². The largest absolute Gasteiger partial charge is 0.465 e. The van der Waals surface area contributed by atoms with Gasteiger partial charge in [-0.25, -0.2) is 13.6 Å². The van der Waals surface area contributed by atoms with Gasteiger partial charge in [0.25, 0.3) is 0 Å². The van der Waals surface area contributed by atoms with Gasteiger partial charge in [0, 0.05) is 30.7 Å². The van der Waals surface area contributed by atoms with E-state index < -0.39 is 25.5 Å². The molecule has 0 spiro atoms. The van der Waals surface area contributed by atoms with Crippen LogP contribution >= 0.6 is 0 Å². The minimum Gasteiger partial charge on any atom is -0.465 e. The summed E-state index contributed by atoms with van der Waals surface area (Å²) in [6.45, 7) is 7.97. The highest BCUT2D eigenvalue weighted by Gasteiger charge is 2.33. The average molecular weight is 379 g/mol. The molecule has 0 aliphatic carbocycles. The molecule has 4 N–H and O–H groups in total. The summed E-state index contributed by atoms with van der Waals surface area (Å²) >= 11 is 0. The number of carboxylic acid groups (broad SMARTS) is 1. The smallest absolute Gasteiger partial charge is 0.407 e. The Kier molecular flexibility index (Phi) is 9.74. The van der Waals surface area contributed by atoms with Gasteiger partial charge in [-0.05, 0) is 59.5 Å². The molecule has 154 valence electrons. The number of nitrogens with two attached hydrogens (primary N) is 1. The number of likely N-dealkylation sites (tertiary alicyclic amines) is 1. The van der Waals surface area contributed by atoms with Crippen molar-refractivity contribution in [1.82, 2.24) is 15.1 Å². The normalized spacial score (nSPS) is 20.6. The van der Waals surface area contributed by atoms with Gasteiger partial charge in [0.1, 0.15) is 13.3 Å². The molecule has 0 saturated carbocycles. The van der Waals surface area contributed by atoms with Gasteiger partial charge in [-0.15, -0.1) is 0 Å². The molecule has 2 fully saturated rings. The highest BCUT2D eigenvalue weighted by atomic mass is 19.1. The van der Waals surface area contributed by atoms with Crippen LogP contribution in [0.3, 0.4) is 0 Å². The molecule has 0 atom stereocenters. The number of carbonyl (C=O) groups is 1. The number of hydrogen-bond acceptors (Lipinski definition) is 4. The molecule has 2 saturated heterocycles. The zero-order valence-electron chi connectivity index (χ0n) is 16.4. The summed E-state index contributed by atoms with van der Waals surface area (Å²) < 4.78 is 24.5. The second kappa shape index (κ2) is 11.0. The van der Waals surface area contributed by atoms with Crippen LogP contribution in [0.15, 0.2) is 0 Å². The quantitative estimate of drug-likeness (QED) is 0.699. The molecule has 0 aromatic rings. The van der Waals surface area contributed by atoms with Gasteiger partial charge in [0.15, 0.2) is 0 Å². The van der Waals surface area contributed by atoms with Gasteiger partial charge < -0.3 is 21.1 Å². The highest BCUT2D eigenvalue weighted by Crippen LogP contribution is 2.22. The average Bonchev–Trinajstić information content (AvgIpc) is 2.57. The molecular weight excluding hydrogens is 342 g/mol. The molecule has 26 heavy (non-hydrogen) atoms. The topological polar surface area (TPSA) is 81.8 Å². The maximum absolute atomic E-state index is 12.2. The molecule has 1 amide bonds. The Hall–Kier alpha value is -0.990. The van der Waals surface area contributed by atoms with Gasteiger partial charge in [0.2, 0.25) is 0 Å². The van der Waals surface area contributed by atoms with Crippen molar-refractivity contribution >= 4 is 6.09 Å². The zero-order valence-corrected chi connectivity index (χ0v) is 16.4. The Morgan fingerprint density at radius 3 is 2.08 bits per heavy atom. The van der Waals surface area contributed by atoms with E-state index in [1.165, 1.54) is 0 Å². The zero-order chi connectivity index (χ0) is 19.7. The maximum atomic E-state index is 12.2. The van der Waals surface area contributed by atoms with Crippen molar-refractivity contribution in [2.75, 3.05) is 39.5 Å². The van der Waals surface area contributed by atoms with E-state index in [2.05, 4.69) is 5.32 Å². The number of nitrogens with one attached hydrogen (secondary N) is 1. The third-order valence-electron chi connectivity index (χ3n) is 5.05. The second-order valence-corrected chi connectivity index (χ2v) is 8.14. The molecular formula is C18H36F2N4O2. The van der Waals surface area contributed by atoms with E-state index >= 15 is 0 Å². The lowest BCUT2D eigenvalue weighted by Gasteiger charge is -2.41. The number of halogens is 2. The SMILES string of the molecule is CC(C)(C)N(C(=O)O)C1CCNCC1.NC1CCN(C(CF)CF)CC1. The minimum absolute atomic E-state index is 0.175. The molecule has 0 aromatic carbocycles. The van der Waals surface area contributed by atoms with Crippen molar-refractivity contribution in [3.63, 3.8) is 0 Å². The number of rotatable bonds is 4. The number of amides is 1. The third-order valence-corrected chi connectivity index (χ3v) is 5.05. The van der Waals surface area contributed by atoms with Crippen LogP contribution in [-0.4, -0.2) is 84.2 Å². The fraction of sp³-hybridized carbons (Fsp3) is 0.944. The lowest BCUT2D eigenvalue weighted by molar-refractivity contribution is 0.0594. The number of hydrogen-bond donors (Lipinski definition) is 3.